The minimum Gasteiger partial charge on any atom is -0.308 e. The van der Waals surface area contributed by atoms with Gasteiger partial charge in [-0.2, -0.15) is 0 Å². The monoisotopic (exact) mass is 775 g/mol. The standard InChI is InChI=1S/C58H37N3/c1-4-15-38(16-5-1)48-27-14-30-54-56(48)51-29-13-28-50-49-32-31-46(36-55(49)61(54)57(50)51)44-24-11-22-42(34-44)41-21-10-23-43(33-41)45-25-12-26-47(35-45)53-37-52(39-17-6-2-7-18-39)59-58(60-53)40-19-8-3-9-20-40/h1-37H. The summed E-state index contributed by atoms with van der Waals surface area (Å²) in [6, 6.07) is 80.4. The van der Waals surface area contributed by atoms with Crippen LogP contribution >= 0.6 is 0 Å². The molecule has 0 saturated heterocycles. The van der Waals surface area contributed by atoms with Crippen molar-refractivity contribution >= 4 is 38.1 Å². The topological polar surface area (TPSA) is 30.2 Å². The average Bonchev–Trinajstić information content (AvgIpc) is 3.87. The van der Waals surface area contributed by atoms with Crippen LogP contribution in [-0.2, 0) is 0 Å². The van der Waals surface area contributed by atoms with Gasteiger partial charge in [0.25, 0.3) is 0 Å². The molecule has 61 heavy (non-hydrogen) atoms. The van der Waals surface area contributed by atoms with Crippen LogP contribution in [0.25, 0.3) is 117 Å². The highest BCUT2D eigenvalue weighted by molar-refractivity contribution is 6.26. The number of hydrogen-bond donors (Lipinski definition) is 0. The molecule has 0 atom stereocenters. The molecule has 0 saturated carbocycles. The predicted octanol–water partition coefficient (Wildman–Crippen LogP) is 15.3. The van der Waals surface area contributed by atoms with E-state index >= 15 is 0 Å². The normalized spacial score (nSPS) is 11.6. The van der Waals surface area contributed by atoms with Crippen LogP contribution in [0.4, 0.5) is 0 Å². The number of para-hydroxylation sites is 1. The Hall–Kier alpha value is -8.14. The van der Waals surface area contributed by atoms with Crippen LogP contribution in [0.1, 0.15) is 0 Å². The van der Waals surface area contributed by atoms with Gasteiger partial charge in [-0.3, -0.25) is 0 Å². The van der Waals surface area contributed by atoms with E-state index in [4.69, 9.17) is 9.97 Å². The quantitative estimate of drug-likeness (QED) is 0.161. The van der Waals surface area contributed by atoms with E-state index in [1.165, 1.54) is 71.5 Å². The van der Waals surface area contributed by atoms with E-state index in [1.54, 1.807) is 0 Å². The van der Waals surface area contributed by atoms with Gasteiger partial charge < -0.3 is 4.40 Å². The number of benzene rings is 9. The molecule has 0 aliphatic rings. The summed E-state index contributed by atoms with van der Waals surface area (Å²) in [6.45, 7) is 0. The molecule has 0 unspecified atom stereocenters. The van der Waals surface area contributed by atoms with E-state index in [0.29, 0.717) is 5.82 Å². The lowest BCUT2D eigenvalue weighted by Crippen LogP contribution is -1.96. The lowest BCUT2D eigenvalue weighted by atomic mass is 9.95. The lowest BCUT2D eigenvalue weighted by Gasteiger charge is -2.12. The molecule has 9 aromatic carbocycles. The first-order chi connectivity index (χ1) is 30.2. The van der Waals surface area contributed by atoms with Crippen LogP contribution in [0.5, 0.6) is 0 Å². The molecule has 3 heterocycles. The smallest absolute Gasteiger partial charge is 0.160 e. The second-order valence-corrected chi connectivity index (χ2v) is 15.8. The molecule has 0 aliphatic carbocycles. The molecule has 12 aromatic rings. The fourth-order valence-electron chi connectivity index (χ4n) is 9.25. The molecule has 0 bridgehead atoms. The first-order valence-electron chi connectivity index (χ1n) is 20.8. The predicted molar refractivity (Wildman–Crippen MR) is 255 cm³/mol. The maximum absolute atomic E-state index is 5.10. The fourth-order valence-corrected chi connectivity index (χ4v) is 9.25. The Balaban J connectivity index is 0.919. The molecule has 0 radical (unpaired) electrons. The molecular weight excluding hydrogens is 739 g/mol. The van der Waals surface area contributed by atoms with E-state index in [1.807, 2.05) is 24.3 Å². The van der Waals surface area contributed by atoms with Gasteiger partial charge in [0.2, 0.25) is 0 Å². The first kappa shape index (κ1) is 34.9. The molecule has 0 fully saturated rings. The Morgan fingerprint density at radius 2 is 0.754 bits per heavy atom. The van der Waals surface area contributed by atoms with Gasteiger partial charge in [-0.1, -0.05) is 188 Å². The Kier molecular flexibility index (Phi) is 8.17. The minimum atomic E-state index is 0.712. The molecule has 3 nitrogen and oxygen atoms in total. The van der Waals surface area contributed by atoms with Gasteiger partial charge in [-0.15, -0.1) is 0 Å². The summed E-state index contributed by atoms with van der Waals surface area (Å²) < 4.78 is 2.49. The highest BCUT2D eigenvalue weighted by Gasteiger charge is 2.20. The van der Waals surface area contributed by atoms with Crippen molar-refractivity contribution in [3.63, 3.8) is 0 Å². The molecule has 0 aliphatic heterocycles. The van der Waals surface area contributed by atoms with Crippen molar-refractivity contribution in [2.45, 2.75) is 0 Å². The molecule has 12 rings (SSSR count). The maximum atomic E-state index is 5.10. The van der Waals surface area contributed by atoms with Crippen molar-refractivity contribution in [1.82, 2.24) is 14.4 Å². The number of nitrogens with zero attached hydrogens (tertiary/aromatic N) is 3. The second kappa shape index (κ2) is 14.3. The van der Waals surface area contributed by atoms with Crippen LogP contribution in [0.3, 0.4) is 0 Å². The number of rotatable bonds is 7. The lowest BCUT2D eigenvalue weighted by molar-refractivity contribution is 1.18. The van der Waals surface area contributed by atoms with Crippen molar-refractivity contribution in [3.05, 3.63) is 224 Å². The van der Waals surface area contributed by atoms with Gasteiger partial charge in [-0.05, 0) is 80.9 Å². The molecule has 284 valence electrons. The third-order valence-corrected chi connectivity index (χ3v) is 12.1. The van der Waals surface area contributed by atoms with E-state index in [9.17, 15) is 0 Å². The van der Waals surface area contributed by atoms with Gasteiger partial charge >= 0.3 is 0 Å². The summed E-state index contributed by atoms with van der Waals surface area (Å²) in [5.74, 6) is 0.712. The zero-order valence-electron chi connectivity index (χ0n) is 33.2. The van der Waals surface area contributed by atoms with Gasteiger partial charge in [0.15, 0.2) is 5.82 Å². The Morgan fingerprint density at radius 3 is 1.39 bits per heavy atom. The maximum Gasteiger partial charge on any atom is 0.160 e. The molecular formula is C58H37N3. The molecule has 3 heteroatoms. The largest absolute Gasteiger partial charge is 0.308 e. The molecule has 0 amide bonds. The van der Waals surface area contributed by atoms with Gasteiger partial charge in [0, 0.05) is 38.2 Å². The molecule has 0 N–H and O–H groups in total. The van der Waals surface area contributed by atoms with Gasteiger partial charge in [0.05, 0.1) is 27.9 Å². The summed E-state index contributed by atoms with van der Waals surface area (Å²) >= 11 is 0. The fraction of sp³-hybridized carbons (Fsp3) is 0. The van der Waals surface area contributed by atoms with Crippen molar-refractivity contribution < 1.29 is 0 Å². The summed E-state index contributed by atoms with van der Waals surface area (Å²) in [4.78, 5) is 10.1. The summed E-state index contributed by atoms with van der Waals surface area (Å²) in [5.41, 5.74) is 18.2. The van der Waals surface area contributed by atoms with Crippen molar-refractivity contribution in [3.8, 4) is 78.4 Å². The third kappa shape index (κ3) is 5.98. The van der Waals surface area contributed by atoms with Crippen molar-refractivity contribution in [2.75, 3.05) is 0 Å². The van der Waals surface area contributed by atoms with Crippen LogP contribution in [0, 0.1) is 0 Å². The second-order valence-electron chi connectivity index (χ2n) is 15.8. The summed E-state index contributed by atoms with van der Waals surface area (Å²) in [6.07, 6.45) is 0. The zero-order chi connectivity index (χ0) is 40.3. The minimum absolute atomic E-state index is 0.712. The highest BCUT2D eigenvalue weighted by atomic mass is 14.9. The van der Waals surface area contributed by atoms with Crippen molar-refractivity contribution in [2.24, 2.45) is 0 Å². The third-order valence-electron chi connectivity index (χ3n) is 12.1. The van der Waals surface area contributed by atoms with E-state index < -0.39 is 0 Å². The number of aromatic nitrogens is 3. The number of hydrogen-bond acceptors (Lipinski definition) is 2. The SMILES string of the molecule is c1ccc(-c2cc(-c3cccc(-c4cccc(-c5cccc(-c6ccc7c8cccc9c%10c(-c%11ccccc%11)cccc%10n(c7c6)c89)c5)c4)c3)nc(-c3ccccc3)n2)cc1. The summed E-state index contributed by atoms with van der Waals surface area (Å²) in [7, 11) is 0. The first-order valence-corrected chi connectivity index (χ1v) is 20.8. The average molecular weight is 776 g/mol. The van der Waals surface area contributed by atoms with E-state index in [-0.39, 0.29) is 0 Å². The van der Waals surface area contributed by atoms with Crippen LogP contribution in [0.15, 0.2) is 224 Å². The van der Waals surface area contributed by atoms with Gasteiger partial charge in [-0.25, -0.2) is 9.97 Å². The van der Waals surface area contributed by atoms with Crippen LogP contribution in [0.2, 0.25) is 0 Å². The Labute approximate surface area is 353 Å². The zero-order valence-corrected chi connectivity index (χ0v) is 33.2. The summed E-state index contributed by atoms with van der Waals surface area (Å²) in [5, 5.41) is 5.16. The van der Waals surface area contributed by atoms with Crippen LogP contribution in [-0.4, -0.2) is 14.4 Å². The Bertz CT molecular complexity index is 3510. The molecule has 0 spiro atoms. The molecule has 3 aromatic heterocycles. The van der Waals surface area contributed by atoms with Gasteiger partial charge in [0.1, 0.15) is 0 Å². The van der Waals surface area contributed by atoms with Crippen LogP contribution < -0.4 is 0 Å². The van der Waals surface area contributed by atoms with E-state index in [0.717, 1.165) is 39.2 Å². The highest BCUT2D eigenvalue weighted by Crippen LogP contribution is 2.43. The Morgan fingerprint density at radius 1 is 0.279 bits per heavy atom. The van der Waals surface area contributed by atoms with E-state index in [2.05, 4.69) is 205 Å². The van der Waals surface area contributed by atoms with Crippen molar-refractivity contribution in [1.29, 1.82) is 0 Å². The number of fused-ring (bicyclic) bond motifs is 6.